The van der Waals surface area contributed by atoms with Crippen LogP contribution in [0.25, 0.3) is 0 Å². The van der Waals surface area contributed by atoms with Crippen LogP contribution < -0.4 is 5.73 Å². The fourth-order valence-corrected chi connectivity index (χ4v) is 3.18. The maximum Gasteiger partial charge on any atom is 0.0576 e. The molecule has 0 saturated heterocycles. The van der Waals surface area contributed by atoms with Gasteiger partial charge in [-0.25, -0.2) is 0 Å². The molecule has 1 heterocycles. The van der Waals surface area contributed by atoms with Crippen molar-refractivity contribution in [1.29, 1.82) is 0 Å². The molecule has 0 bridgehead atoms. The molecule has 2 N–H and O–H groups in total. The first kappa shape index (κ1) is 10.5. The maximum atomic E-state index is 6.23. The molecule has 0 aliphatic heterocycles. The zero-order valence-corrected chi connectivity index (χ0v) is 10.3. The average molecular weight is 230 g/mol. The van der Waals surface area contributed by atoms with Gasteiger partial charge in [-0.2, -0.15) is 0 Å². The largest absolute Gasteiger partial charge is 0.325 e. The second-order valence-electron chi connectivity index (χ2n) is 4.37. The monoisotopic (exact) mass is 229 g/mol. The van der Waals surface area contributed by atoms with E-state index < -0.39 is 0 Å². The normalized spacial score (nSPS) is 18.6. The molecule has 14 heavy (non-hydrogen) atoms. The summed E-state index contributed by atoms with van der Waals surface area (Å²) >= 11 is 8.03. The molecule has 0 aromatic carbocycles. The van der Waals surface area contributed by atoms with Crippen molar-refractivity contribution in [2.45, 2.75) is 45.1 Å². The molecule has 0 unspecified atom stereocenters. The summed E-state index contributed by atoms with van der Waals surface area (Å²) in [6, 6.07) is 0. The van der Waals surface area contributed by atoms with Crippen LogP contribution in [0.5, 0.6) is 0 Å². The van der Waals surface area contributed by atoms with Gasteiger partial charge < -0.3 is 5.73 Å². The predicted octanol–water partition coefficient (Wildman–Crippen LogP) is 3.44. The van der Waals surface area contributed by atoms with Crippen molar-refractivity contribution >= 4 is 22.9 Å². The molecule has 1 saturated carbocycles. The van der Waals surface area contributed by atoms with Crippen LogP contribution in [-0.4, -0.2) is 5.54 Å². The standard InChI is InChI=1S/C11H16ClNS/c1-7-9(10(12)8(2)14-7)3-4-11(13)5-6-11/h3-6,13H2,1-2H3. The van der Waals surface area contributed by atoms with Crippen molar-refractivity contribution < 1.29 is 0 Å². The number of hydrogen-bond acceptors (Lipinski definition) is 2. The van der Waals surface area contributed by atoms with Crippen LogP contribution in [0.4, 0.5) is 0 Å². The lowest BCUT2D eigenvalue weighted by atomic mass is 10.1. The summed E-state index contributed by atoms with van der Waals surface area (Å²) in [7, 11) is 0. The molecule has 1 fully saturated rings. The smallest absolute Gasteiger partial charge is 0.0576 e. The van der Waals surface area contributed by atoms with Gasteiger partial charge in [0, 0.05) is 15.3 Å². The summed E-state index contributed by atoms with van der Waals surface area (Å²) in [5.74, 6) is 0. The lowest BCUT2D eigenvalue weighted by Gasteiger charge is -2.08. The van der Waals surface area contributed by atoms with Crippen LogP contribution in [0.1, 0.15) is 34.6 Å². The first-order valence-corrected chi connectivity index (χ1v) is 6.24. The second-order valence-corrected chi connectivity index (χ2v) is 6.18. The number of aryl methyl sites for hydroxylation is 2. The molecule has 78 valence electrons. The minimum absolute atomic E-state index is 0.144. The Morgan fingerprint density at radius 1 is 1.36 bits per heavy atom. The van der Waals surface area contributed by atoms with E-state index >= 15 is 0 Å². The van der Waals surface area contributed by atoms with E-state index in [1.54, 1.807) is 11.3 Å². The van der Waals surface area contributed by atoms with Gasteiger partial charge in [0.05, 0.1) is 5.02 Å². The molecule has 2 rings (SSSR count). The maximum absolute atomic E-state index is 6.23. The van der Waals surface area contributed by atoms with Crippen molar-refractivity contribution in [3.63, 3.8) is 0 Å². The molecule has 0 spiro atoms. The Morgan fingerprint density at radius 2 is 2.00 bits per heavy atom. The van der Waals surface area contributed by atoms with E-state index in [2.05, 4.69) is 13.8 Å². The molecule has 1 aliphatic rings. The highest BCUT2D eigenvalue weighted by atomic mass is 35.5. The van der Waals surface area contributed by atoms with Gasteiger partial charge in [0.1, 0.15) is 0 Å². The van der Waals surface area contributed by atoms with Gasteiger partial charge in [0.15, 0.2) is 0 Å². The Kier molecular flexibility index (Phi) is 2.63. The third-order valence-corrected chi connectivity index (χ3v) is 4.76. The summed E-state index contributed by atoms with van der Waals surface area (Å²) in [6.07, 6.45) is 4.51. The second kappa shape index (κ2) is 3.51. The van der Waals surface area contributed by atoms with Gasteiger partial charge in [-0.1, -0.05) is 11.6 Å². The van der Waals surface area contributed by atoms with E-state index in [-0.39, 0.29) is 5.54 Å². The molecule has 1 aromatic heterocycles. The van der Waals surface area contributed by atoms with Crippen LogP contribution in [0.15, 0.2) is 0 Å². The Labute approximate surface area is 94.3 Å². The van der Waals surface area contributed by atoms with Crippen LogP contribution in [0.3, 0.4) is 0 Å². The molecule has 0 radical (unpaired) electrons. The number of halogens is 1. The van der Waals surface area contributed by atoms with Crippen molar-refractivity contribution in [3.05, 3.63) is 20.3 Å². The van der Waals surface area contributed by atoms with Crippen LogP contribution >= 0.6 is 22.9 Å². The summed E-state index contributed by atoms with van der Waals surface area (Å²) in [5.41, 5.74) is 7.53. The van der Waals surface area contributed by atoms with E-state index in [4.69, 9.17) is 17.3 Å². The van der Waals surface area contributed by atoms with Crippen molar-refractivity contribution in [2.24, 2.45) is 5.73 Å². The molecule has 0 atom stereocenters. The molecular formula is C11H16ClNS. The molecular weight excluding hydrogens is 214 g/mol. The van der Waals surface area contributed by atoms with E-state index in [1.165, 1.54) is 28.2 Å². The first-order chi connectivity index (χ1) is 6.52. The zero-order chi connectivity index (χ0) is 10.3. The van der Waals surface area contributed by atoms with E-state index in [0.717, 1.165) is 17.9 Å². The molecule has 3 heteroatoms. The quantitative estimate of drug-likeness (QED) is 0.845. The molecule has 0 amide bonds. The summed E-state index contributed by atoms with van der Waals surface area (Å²) in [6.45, 7) is 4.23. The summed E-state index contributed by atoms with van der Waals surface area (Å²) in [4.78, 5) is 2.60. The lowest BCUT2D eigenvalue weighted by Crippen LogP contribution is -2.22. The van der Waals surface area contributed by atoms with Gasteiger partial charge >= 0.3 is 0 Å². The summed E-state index contributed by atoms with van der Waals surface area (Å²) < 4.78 is 0. The van der Waals surface area contributed by atoms with Crippen LogP contribution in [0, 0.1) is 13.8 Å². The SMILES string of the molecule is Cc1sc(C)c(CCC2(N)CC2)c1Cl. The Balaban J connectivity index is 2.08. The van der Waals surface area contributed by atoms with Gasteiger partial charge in [0.2, 0.25) is 0 Å². The third-order valence-electron chi connectivity index (χ3n) is 3.07. The van der Waals surface area contributed by atoms with Gasteiger partial charge in [-0.15, -0.1) is 11.3 Å². The van der Waals surface area contributed by atoms with E-state index in [9.17, 15) is 0 Å². The fourth-order valence-electron chi connectivity index (χ4n) is 1.77. The van der Waals surface area contributed by atoms with Crippen LogP contribution in [0.2, 0.25) is 5.02 Å². The highest BCUT2D eigenvalue weighted by molar-refractivity contribution is 7.12. The fraction of sp³-hybridized carbons (Fsp3) is 0.636. The van der Waals surface area contributed by atoms with E-state index in [0.29, 0.717) is 0 Å². The lowest BCUT2D eigenvalue weighted by molar-refractivity contribution is 0.609. The Bertz CT molecular complexity index is 352. The number of rotatable bonds is 3. The molecule has 1 aliphatic carbocycles. The minimum Gasteiger partial charge on any atom is -0.325 e. The van der Waals surface area contributed by atoms with Gasteiger partial charge in [-0.05, 0) is 45.1 Å². The number of hydrogen-bond donors (Lipinski definition) is 1. The highest BCUT2D eigenvalue weighted by Gasteiger charge is 2.37. The predicted molar refractivity (Wildman–Crippen MR) is 63.3 cm³/mol. The zero-order valence-electron chi connectivity index (χ0n) is 8.69. The van der Waals surface area contributed by atoms with Crippen molar-refractivity contribution in [3.8, 4) is 0 Å². The summed E-state index contributed by atoms with van der Waals surface area (Å²) in [5, 5.41) is 0.969. The average Bonchev–Trinajstić information content (AvgIpc) is 2.78. The first-order valence-electron chi connectivity index (χ1n) is 5.05. The molecule has 1 nitrogen and oxygen atoms in total. The topological polar surface area (TPSA) is 26.0 Å². The Morgan fingerprint density at radius 3 is 2.43 bits per heavy atom. The van der Waals surface area contributed by atoms with Crippen LogP contribution in [-0.2, 0) is 6.42 Å². The third kappa shape index (κ3) is 1.97. The van der Waals surface area contributed by atoms with Crippen molar-refractivity contribution in [2.75, 3.05) is 0 Å². The van der Waals surface area contributed by atoms with Gasteiger partial charge in [-0.3, -0.25) is 0 Å². The van der Waals surface area contributed by atoms with E-state index in [1.807, 2.05) is 0 Å². The minimum atomic E-state index is 0.144. The van der Waals surface area contributed by atoms with Gasteiger partial charge in [0.25, 0.3) is 0 Å². The number of nitrogens with two attached hydrogens (primary N) is 1. The molecule has 1 aromatic rings. The van der Waals surface area contributed by atoms with Crippen molar-refractivity contribution in [1.82, 2.24) is 0 Å². The number of thiophene rings is 1. The Hall–Kier alpha value is -0.0500. The highest BCUT2D eigenvalue weighted by Crippen LogP contribution is 2.39.